The van der Waals surface area contributed by atoms with Crippen molar-refractivity contribution in [2.24, 2.45) is 0 Å². The summed E-state index contributed by atoms with van der Waals surface area (Å²) >= 11 is 0. The Morgan fingerprint density at radius 1 is 1.29 bits per heavy atom. The number of piperidine rings is 1. The molecule has 1 atom stereocenters. The summed E-state index contributed by atoms with van der Waals surface area (Å²) in [5.41, 5.74) is 0. The molecule has 1 fully saturated rings. The van der Waals surface area contributed by atoms with Crippen molar-refractivity contribution >= 4 is 11.8 Å². The van der Waals surface area contributed by atoms with Crippen LogP contribution in [0, 0.1) is 0 Å². The standard InChI is InChI=1S/C12H23N3O2/c1-2-14-11(16)6-3-7-12(17)15-10-5-4-8-13-9-10/h10,13H,2-9H2,1H3,(H,14,16)(H,15,17). The Morgan fingerprint density at radius 2 is 2.06 bits per heavy atom. The number of hydrogen-bond acceptors (Lipinski definition) is 3. The molecular weight excluding hydrogens is 218 g/mol. The van der Waals surface area contributed by atoms with Crippen LogP contribution in [0.1, 0.15) is 39.0 Å². The molecule has 0 aromatic carbocycles. The number of rotatable bonds is 6. The Bertz CT molecular complexity index is 250. The van der Waals surface area contributed by atoms with Crippen LogP contribution in [0.25, 0.3) is 0 Å². The van der Waals surface area contributed by atoms with Crippen molar-refractivity contribution in [3.05, 3.63) is 0 Å². The van der Waals surface area contributed by atoms with E-state index < -0.39 is 0 Å². The summed E-state index contributed by atoms with van der Waals surface area (Å²) in [6.07, 6.45) is 3.66. The predicted molar refractivity (Wildman–Crippen MR) is 66.6 cm³/mol. The fraction of sp³-hybridized carbons (Fsp3) is 0.833. The SMILES string of the molecule is CCNC(=O)CCCC(=O)NC1CCCNC1. The van der Waals surface area contributed by atoms with E-state index >= 15 is 0 Å². The molecule has 1 aliphatic heterocycles. The lowest BCUT2D eigenvalue weighted by Gasteiger charge is -2.23. The molecule has 0 aliphatic carbocycles. The van der Waals surface area contributed by atoms with Crippen LogP contribution in [0.2, 0.25) is 0 Å². The lowest BCUT2D eigenvalue weighted by atomic mass is 10.1. The molecule has 0 radical (unpaired) electrons. The molecule has 1 saturated heterocycles. The van der Waals surface area contributed by atoms with E-state index in [1.54, 1.807) is 0 Å². The van der Waals surface area contributed by atoms with Gasteiger partial charge >= 0.3 is 0 Å². The van der Waals surface area contributed by atoms with Gasteiger partial charge in [0, 0.05) is 32.0 Å². The molecule has 5 nitrogen and oxygen atoms in total. The summed E-state index contributed by atoms with van der Waals surface area (Å²) < 4.78 is 0. The van der Waals surface area contributed by atoms with E-state index in [-0.39, 0.29) is 17.9 Å². The minimum Gasteiger partial charge on any atom is -0.356 e. The van der Waals surface area contributed by atoms with Crippen molar-refractivity contribution in [3.63, 3.8) is 0 Å². The Morgan fingerprint density at radius 3 is 2.71 bits per heavy atom. The molecule has 17 heavy (non-hydrogen) atoms. The van der Waals surface area contributed by atoms with Gasteiger partial charge in [-0.25, -0.2) is 0 Å². The third-order valence-electron chi connectivity index (χ3n) is 2.84. The summed E-state index contributed by atoms with van der Waals surface area (Å²) in [6.45, 7) is 4.45. The molecule has 0 saturated carbocycles. The summed E-state index contributed by atoms with van der Waals surface area (Å²) in [7, 11) is 0. The maximum Gasteiger partial charge on any atom is 0.220 e. The van der Waals surface area contributed by atoms with Crippen molar-refractivity contribution in [1.82, 2.24) is 16.0 Å². The van der Waals surface area contributed by atoms with E-state index in [1.165, 1.54) is 0 Å². The quantitative estimate of drug-likeness (QED) is 0.620. The maximum absolute atomic E-state index is 11.6. The highest BCUT2D eigenvalue weighted by molar-refractivity contribution is 5.78. The van der Waals surface area contributed by atoms with Crippen molar-refractivity contribution in [3.8, 4) is 0 Å². The van der Waals surface area contributed by atoms with Gasteiger partial charge in [0.15, 0.2) is 0 Å². The van der Waals surface area contributed by atoms with Crippen LogP contribution >= 0.6 is 0 Å². The van der Waals surface area contributed by atoms with Gasteiger partial charge in [-0.15, -0.1) is 0 Å². The summed E-state index contributed by atoms with van der Waals surface area (Å²) in [6, 6.07) is 0.265. The van der Waals surface area contributed by atoms with Crippen molar-refractivity contribution in [2.45, 2.75) is 45.1 Å². The lowest BCUT2D eigenvalue weighted by Crippen LogP contribution is -2.45. The third-order valence-corrected chi connectivity index (χ3v) is 2.84. The van der Waals surface area contributed by atoms with Gasteiger partial charge in [0.2, 0.25) is 11.8 Å². The van der Waals surface area contributed by atoms with Crippen LogP contribution in [0.15, 0.2) is 0 Å². The fourth-order valence-electron chi connectivity index (χ4n) is 1.97. The second-order valence-electron chi connectivity index (χ2n) is 4.42. The smallest absolute Gasteiger partial charge is 0.220 e. The van der Waals surface area contributed by atoms with E-state index in [4.69, 9.17) is 0 Å². The van der Waals surface area contributed by atoms with Crippen molar-refractivity contribution in [1.29, 1.82) is 0 Å². The largest absolute Gasteiger partial charge is 0.356 e. The minimum absolute atomic E-state index is 0.0274. The molecule has 98 valence electrons. The average Bonchev–Trinajstić information content (AvgIpc) is 2.30. The molecule has 0 spiro atoms. The van der Waals surface area contributed by atoms with E-state index in [9.17, 15) is 9.59 Å². The topological polar surface area (TPSA) is 70.2 Å². The Hall–Kier alpha value is -1.10. The van der Waals surface area contributed by atoms with Crippen LogP contribution in [0.5, 0.6) is 0 Å². The van der Waals surface area contributed by atoms with Crippen LogP contribution < -0.4 is 16.0 Å². The monoisotopic (exact) mass is 241 g/mol. The van der Waals surface area contributed by atoms with Crippen LogP contribution in [-0.4, -0.2) is 37.5 Å². The van der Waals surface area contributed by atoms with Gasteiger partial charge in [-0.05, 0) is 32.7 Å². The van der Waals surface area contributed by atoms with Gasteiger partial charge in [-0.1, -0.05) is 0 Å². The first-order valence-electron chi connectivity index (χ1n) is 6.49. The molecular formula is C12H23N3O2. The summed E-state index contributed by atoms with van der Waals surface area (Å²) in [5.74, 6) is 0.0858. The Labute approximate surface area is 103 Å². The fourth-order valence-corrected chi connectivity index (χ4v) is 1.97. The average molecular weight is 241 g/mol. The zero-order valence-electron chi connectivity index (χ0n) is 10.6. The van der Waals surface area contributed by atoms with Crippen LogP contribution in [0.4, 0.5) is 0 Å². The molecule has 0 aromatic rings. The van der Waals surface area contributed by atoms with Crippen molar-refractivity contribution in [2.75, 3.05) is 19.6 Å². The first-order valence-corrected chi connectivity index (χ1v) is 6.49. The molecule has 0 bridgehead atoms. The molecule has 3 N–H and O–H groups in total. The number of nitrogens with one attached hydrogen (secondary N) is 3. The van der Waals surface area contributed by atoms with Gasteiger partial charge in [-0.2, -0.15) is 0 Å². The summed E-state index contributed by atoms with van der Waals surface area (Å²) in [4.78, 5) is 22.7. The van der Waals surface area contributed by atoms with Gasteiger partial charge in [-0.3, -0.25) is 9.59 Å². The lowest BCUT2D eigenvalue weighted by molar-refractivity contribution is -0.122. The van der Waals surface area contributed by atoms with Crippen molar-refractivity contribution < 1.29 is 9.59 Å². The second kappa shape index (κ2) is 8.06. The van der Waals surface area contributed by atoms with E-state index in [0.717, 1.165) is 25.9 Å². The third kappa shape index (κ3) is 6.26. The van der Waals surface area contributed by atoms with Gasteiger partial charge in [0.1, 0.15) is 0 Å². The Balaban J connectivity index is 2.06. The van der Waals surface area contributed by atoms with Crippen LogP contribution in [-0.2, 0) is 9.59 Å². The van der Waals surface area contributed by atoms with Gasteiger partial charge < -0.3 is 16.0 Å². The van der Waals surface area contributed by atoms with E-state index in [0.29, 0.717) is 25.8 Å². The molecule has 1 rings (SSSR count). The van der Waals surface area contributed by atoms with E-state index in [2.05, 4.69) is 16.0 Å². The highest BCUT2D eigenvalue weighted by Crippen LogP contribution is 2.02. The first kappa shape index (κ1) is 14.0. The highest BCUT2D eigenvalue weighted by Gasteiger charge is 2.14. The second-order valence-corrected chi connectivity index (χ2v) is 4.42. The highest BCUT2D eigenvalue weighted by atomic mass is 16.2. The zero-order chi connectivity index (χ0) is 12.5. The molecule has 1 aliphatic rings. The van der Waals surface area contributed by atoms with Gasteiger partial charge in [0.05, 0.1) is 0 Å². The van der Waals surface area contributed by atoms with Gasteiger partial charge in [0.25, 0.3) is 0 Å². The van der Waals surface area contributed by atoms with E-state index in [1.807, 2.05) is 6.92 Å². The first-order chi connectivity index (χ1) is 8.22. The number of hydrogen-bond donors (Lipinski definition) is 3. The number of carbonyl (C=O) groups excluding carboxylic acids is 2. The molecule has 0 aromatic heterocycles. The molecule has 2 amide bonds. The number of amides is 2. The normalized spacial score (nSPS) is 19.7. The zero-order valence-corrected chi connectivity index (χ0v) is 10.6. The molecule has 1 heterocycles. The van der Waals surface area contributed by atoms with Crippen LogP contribution in [0.3, 0.4) is 0 Å². The molecule has 1 unspecified atom stereocenters. The number of carbonyl (C=O) groups is 2. The minimum atomic E-state index is 0.0274. The summed E-state index contributed by atoms with van der Waals surface area (Å²) in [5, 5.41) is 8.96. The predicted octanol–water partition coefficient (Wildman–Crippen LogP) is 0.161. The maximum atomic E-state index is 11.6. The Kier molecular flexibility index (Phi) is 6.62. The molecule has 5 heteroatoms.